The molecule has 0 saturated heterocycles. The quantitative estimate of drug-likeness (QED) is 0.801. The summed E-state index contributed by atoms with van der Waals surface area (Å²) in [7, 11) is -2.39. The van der Waals surface area contributed by atoms with Gasteiger partial charge in [-0.15, -0.1) is 0 Å². The van der Waals surface area contributed by atoms with Crippen LogP contribution >= 0.6 is 0 Å². The smallest absolute Gasteiger partial charge is 0.339 e. The van der Waals surface area contributed by atoms with Crippen molar-refractivity contribution >= 4 is 16.0 Å². The lowest BCUT2D eigenvalue weighted by Gasteiger charge is -2.14. The van der Waals surface area contributed by atoms with E-state index in [1.54, 1.807) is 0 Å². The number of methoxy groups -OCH3 is 1. The minimum Gasteiger partial charge on any atom is -0.496 e. The van der Waals surface area contributed by atoms with Gasteiger partial charge in [-0.2, -0.15) is 0 Å². The Morgan fingerprint density at radius 2 is 2.14 bits per heavy atom. The first-order valence-electron chi connectivity index (χ1n) is 6.77. The second kappa shape index (κ2) is 6.03. The van der Waals surface area contributed by atoms with Gasteiger partial charge < -0.3 is 9.84 Å². The van der Waals surface area contributed by atoms with E-state index in [1.807, 2.05) is 6.92 Å². The Bertz CT molecular complexity index is 637. The van der Waals surface area contributed by atoms with Crippen LogP contribution in [-0.2, 0) is 10.0 Å². The van der Waals surface area contributed by atoms with Gasteiger partial charge in [-0.05, 0) is 37.5 Å². The highest BCUT2D eigenvalue weighted by Crippen LogP contribution is 2.33. The zero-order chi connectivity index (χ0) is 15.6. The molecule has 1 saturated carbocycles. The summed E-state index contributed by atoms with van der Waals surface area (Å²) in [4.78, 5) is 11.1. The van der Waals surface area contributed by atoms with Crippen LogP contribution in [0, 0.1) is 5.92 Å². The molecule has 0 aliphatic heterocycles. The molecule has 6 nitrogen and oxygen atoms in total. The molecule has 0 radical (unpaired) electrons. The van der Waals surface area contributed by atoms with Gasteiger partial charge in [-0.3, -0.25) is 0 Å². The number of hydrogen-bond acceptors (Lipinski definition) is 4. The number of nitrogens with one attached hydrogen (secondary N) is 1. The second-order valence-electron chi connectivity index (χ2n) is 5.37. The van der Waals surface area contributed by atoms with E-state index in [9.17, 15) is 13.2 Å². The Morgan fingerprint density at radius 1 is 1.48 bits per heavy atom. The minimum absolute atomic E-state index is 0.0663. The third kappa shape index (κ3) is 3.95. The van der Waals surface area contributed by atoms with Crippen LogP contribution in [0.4, 0.5) is 0 Å². The molecule has 1 aromatic rings. The van der Waals surface area contributed by atoms with Crippen LogP contribution in [0.5, 0.6) is 5.75 Å². The maximum Gasteiger partial charge on any atom is 0.339 e. The number of rotatable bonds is 7. The number of benzene rings is 1. The fraction of sp³-hybridized carbons (Fsp3) is 0.500. The van der Waals surface area contributed by atoms with Crippen LogP contribution in [0.1, 0.15) is 36.5 Å². The average molecular weight is 313 g/mol. The van der Waals surface area contributed by atoms with Gasteiger partial charge in [-0.25, -0.2) is 17.9 Å². The van der Waals surface area contributed by atoms with Crippen molar-refractivity contribution in [3.05, 3.63) is 23.8 Å². The number of ether oxygens (including phenoxy) is 1. The molecule has 1 fully saturated rings. The number of sulfonamides is 1. The highest BCUT2D eigenvalue weighted by molar-refractivity contribution is 7.89. The predicted octanol–water partition coefficient (Wildman–Crippen LogP) is 1.86. The number of aromatic carboxylic acids is 1. The lowest BCUT2D eigenvalue weighted by Crippen LogP contribution is -2.33. The van der Waals surface area contributed by atoms with E-state index in [1.165, 1.54) is 19.2 Å². The van der Waals surface area contributed by atoms with Crippen molar-refractivity contribution in [2.75, 3.05) is 7.11 Å². The SMILES string of the molecule is COc1ccc(S(=O)(=O)NC(C)CC2CC2)cc1C(=O)O. The maximum absolute atomic E-state index is 12.3. The van der Waals surface area contributed by atoms with Gasteiger partial charge in [0, 0.05) is 6.04 Å². The normalized spacial score (nSPS) is 16.5. The number of carbonyl (C=O) groups is 1. The Balaban J connectivity index is 2.22. The highest BCUT2D eigenvalue weighted by Gasteiger charge is 2.27. The first kappa shape index (κ1) is 15.8. The molecule has 1 aromatic carbocycles. The number of hydrogen-bond donors (Lipinski definition) is 2. The summed E-state index contributed by atoms with van der Waals surface area (Å²) >= 11 is 0. The molecule has 0 bridgehead atoms. The molecule has 1 unspecified atom stereocenters. The molecule has 21 heavy (non-hydrogen) atoms. The third-order valence-corrected chi connectivity index (χ3v) is 5.04. The van der Waals surface area contributed by atoms with Crippen LogP contribution < -0.4 is 9.46 Å². The zero-order valence-electron chi connectivity index (χ0n) is 12.0. The second-order valence-corrected chi connectivity index (χ2v) is 7.08. The van der Waals surface area contributed by atoms with Crippen molar-refractivity contribution in [1.29, 1.82) is 0 Å². The Hall–Kier alpha value is -1.60. The van der Waals surface area contributed by atoms with E-state index in [2.05, 4.69) is 4.72 Å². The summed E-state index contributed by atoms with van der Waals surface area (Å²) in [6.45, 7) is 1.82. The average Bonchev–Trinajstić information content (AvgIpc) is 3.20. The summed E-state index contributed by atoms with van der Waals surface area (Å²) in [5.74, 6) is -0.490. The standard InChI is InChI=1S/C14H19NO5S/c1-9(7-10-3-4-10)15-21(18,19)11-5-6-13(20-2)12(8-11)14(16)17/h5-6,8-10,15H,3-4,7H2,1-2H3,(H,16,17). The number of carboxylic acids is 1. The summed E-state index contributed by atoms with van der Waals surface area (Å²) < 4.78 is 32.1. The summed E-state index contributed by atoms with van der Waals surface area (Å²) in [6, 6.07) is 3.65. The lowest BCUT2D eigenvalue weighted by molar-refractivity contribution is 0.0693. The van der Waals surface area contributed by atoms with E-state index in [4.69, 9.17) is 9.84 Å². The largest absolute Gasteiger partial charge is 0.496 e. The van der Waals surface area contributed by atoms with Crippen molar-refractivity contribution in [2.24, 2.45) is 5.92 Å². The molecule has 2 N–H and O–H groups in total. The molecular weight excluding hydrogens is 294 g/mol. The van der Waals surface area contributed by atoms with Crippen LogP contribution in [-0.4, -0.2) is 32.6 Å². The van der Waals surface area contributed by atoms with Crippen molar-refractivity contribution in [3.63, 3.8) is 0 Å². The van der Waals surface area contributed by atoms with Crippen molar-refractivity contribution in [3.8, 4) is 5.75 Å². The van der Waals surface area contributed by atoms with Gasteiger partial charge in [-0.1, -0.05) is 12.8 Å². The van der Waals surface area contributed by atoms with Crippen LogP contribution in [0.25, 0.3) is 0 Å². The van der Waals surface area contributed by atoms with Gasteiger partial charge in [0.1, 0.15) is 11.3 Å². The zero-order valence-corrected chi connectivity index (χ0v) is 12.8. The van der Waals surface area contributed by atoms with Gasteiger partial charge in [0.25, 0.3) is 0 Å². The maximum atomic E-state index is 12.3. The molecule has 0 amide bonds. The molecule has 0 aromatic heterocycles. The fourth-order valence-electron chi connectivity index (χ4n) is 2.26. The van der Waals surface area contributed by atoms with Crippen LogP contribution in [0.3, 0.4) is 0 Å². The predicted molar refractivity (Wildman–Crippen MR) is 77.1 cm³/mol. The molecular formula is C14H19NO5S. The lowest BCUT2D eigenvalue weighted by atomic mass is 10.2. The van der Waals surface area contributed by atoms with E-state index in [0.717, 1.165) is 25.3 Å². The van der Waals surface area contributed by atoms with Crippen LogP contribution in [0.2, 0.25) is 0 Å². The van der Waals surface area contributed by atoms with Crippen molar-refractivity contribution in [1.82, 2.24) is 4.72 Å². The summed E-state index contributed by atoms with van der Waals surface area (Å²) in [5.41, 5.74) is -0.171. The molecule has 0 spiro atoms. The monoisotopic (exact) mass is 313 g/mol. The molecule has 1 aliphatic rings. The van der Waals surface area contributed by atoms with Gasteiger partial charge in [0.05, 0.1) is 12.0 Å². The number of carboxylic acid groups (broad SMARTS) is 1. The van der Waals surface area contributed by atoms with Crippen molar-refractivity contribution < 1.29 is 23.1 Å². The summed E-state index contributed by atoms with van der Waals surface area (Å²) in [6.07, 6.45) is 3.11. The third-order valence-electron chi connectivity index (χ3n) is 3.45. The molecule has 2 rings (SSSR count). The Labute approximate surface area is 124 Å². The first-order valence-corrected chi connectivity index (χ1v) is 8.25. The summed E-state index contributed by atoms with van der Waals surface area (Å²) in [5, 5.41) is 9.10. The van der Waals surface area contributed by atoms with E-state index in [0.29, 0.717) is 5.92 Å². The van der Waals surface area contributed by atoms with Crippen molar-refractivity contribution in [2.45, 2.75) is 37.1 Å². The fourth-order valence-corrected chi connectivity index (χ4v) is 3.54. The van der Waals surface area contributed by atoms with Crippen LogP contribution in [0.15, 0.2) is 23.1 Å². The Kier molecular flexibility index (Phi) is 4.53. The topological polar surface area (TPSA) is 92.7 Å². The van der Waals surface area contributed by atoms with E-state index >= 15 is 0 Å². The van der Waals surface area contributed by atoms with Gasteiger partial charge in [0.2, 0.25) is 10.0 Å². The Morgan fingerprint density at radius 3 is 2.67 bits per heavy atom. The molecule has 1 atom stereocenters. The first-order chi connectivity index (χ1) is 9.83. The van der Waals surface area contributed by atoms with E-state index in [-0.39, 0.29) is 22.3 Å². The van der Waals surface area contributed by atoms with Gasteiger partial charge >= 0.3 is 5.97 Å². The van der Waals surface area contributed by atoms with E-state index < -0.39 is 16.0 Å². The molecule has 7 heteroatoms. The molecule has 116 valence electrons. The molecule has 1 aliphatic carbocycles. The highest BCUT2D eigenvalue weighted by atomic mass is 32.2. The minimum atomic E-state index is -3.73. The molecule has 0 heterocycles. The van der Waals surface area contributed by atoms with Gasteiger partial charge in [0.15, 0.2) is 0 Å².